The van der Waals surface area contributed by atoms with Crippen LogP contribution in [0.2, 0.25) is 0 Å². The number of hydrogen-bond donors (Lipinski definition) is 1. The molecule has 0 unspecified atom stereocenters. The van der Waals surface area contributed by atoms with Crippen molar-refractivity contribution >= 4 is 27.7 Å². The minimum Gasteiger partial charge on any atom is -0.507 e. The van der Waals surface area contributed by atoms with E-state index in [1.54, 1.807) is 13.0 Å². The molecule has 16 heavy (non-hydrogen) atoms. The van der Waals surface area contributed by atoms with Crippen molar-refractivity contribution in [3.8, 4) is 0 Å². The van der Waals surface area contributed by atoms with Crippen molar-refractivity contribution in [1.82, 2.24) is 0 Å². The Bertz CT molecular complexity index is 409. The molecule has 0 saturated heterocycles. The number of rotatable bonds is 3. The largest absolute Gasteiger partial charge is 0.507 e. The molecule has 0 amide bonds. The molecule has 3 nitrogen and oxygen atoms in total. The Labute approximate surface area is 101 Å². The summed E-state index contributed by atoms with van der Waals surface area (Å²) >= 11 is 3.08. The molecule has 0 aromatic heterocycles. The predicted octanol–water partition coefficient (Wildman–Crippen LogP) is 3.05. The molecule has 1 aromatic rings. The first-order valence-corrected chi connectivity index (χ1v) is 5.37. The number of esters is 1. The molecule has 0 spiro atoms. The van der Waals surface area contributed by atoms with Crippen molar-refractivity contribution in [3.63, 3.8) is 0 Å². The summed E-state index contributed by atoms with van der Waals surface area (Å²) in [5, 5.41) is 9.57. The Hall–Kier alpha value is -1.36. The lowest BCUT2D eigenvalue weighted by Gasteiger charge is -2.04. The van der Waals surface area contributed by atoms with Crippen LogP contribution in [0.5, 0.6) is 0 Å². The number of aliphatic hydroxyl groups excluding tert-OH is 1. The molecule has 0 aliphatic carbocycles. The van der Waals surface area contributed by atoms with E-state index in [1.807, 2.05) is 0 Å². The van der Waals surface area contributed by atoms with Crippen molar-refractivity contribution in [2.24, 2.45) is 0 Å². The lowest BCUT2D eigenvalue weighted by Crippen LogP contribution is -2.02. The predicted molar refractivity (Wildman–Crippen MR) is 61.3 cm³/mol. The van der Waals surface area contributed by atoms with Crippen LogP contribution in [0.3, 0.4) is 0 Å². The van der Waals surface area contributed by atoms with Crippen LogP contribution in [0.15, 0.2) is 28.7 Å². The molecule has 0 aliphatic heterocycles. The number of carbonyl (C=O) groups excluding carboxylic acids is 1. The minimum absolute atomic E-state index is 0.0597. The van der Waals surface area contributed by atoms with E-state index in [1.165, 1.54) is 12.1 Å². The van der Waals surface area contributed by atoms with Crippen molar-refractivity contribution < 1.29 is 19.0 Å². The highest BCUT2D eigenvalue weighted by molar-refractivity contribution is 9.10. The SMILES string of the molecule is CCOC(=O)/C=C(\O)c1c(F)cccc1Br. The Kier molecular flexibility index (Phi) is 4.49. The highest BCUT2D eigenvalue weighted by atomic mass is 79.9. The molecule has 1 N–H and O–H groups in total. The highest BCUT2D eigenvalue weighted by Gasteiger charge is 2.12. The molecule has 0 bridgehead atoms. The van der Waals surface area contributed by atoms with Crippen molar-refractivity contribution in [3.05, 3.63) is 40.1 Å². The molecule has 0 saturated carbocycles. The number of hydrogen-bond acceptors (Lipinski definition) is 3. The maximum Gasteiger partial charge on any atom is 0.334 e. The topological polar surface area (TPSA) is 46.5 Å². The summed E-state index contributed by atoms with van der Waals surface area (Å²) in [6.45, 7) is 1.84. The van der Waals surface area contributed by atoms with Gasteiger partial charge in [0, 0.05) is 4.47 Å². The minimum atomic E-state index is -0.713. The molecule has 0 heterocycles. The third-order valence-electron chi connectivity index (χ3n) is 1.76. The Morgan fingerprint density at radius 1 is 1.62 bits per heavy atom. The maximum absolute atomic E-state index is 13.4. The molecule has 86 valence electrons. The van der Waals surface area contributed by atoms with Gasteiger partial charge in [-0.15, -0.1) is 0 Å². The second-order valence-electron chi connectivity index (χ2n) is 2.88. The van der Waals surface area contributed by atoms with Crippen LogP contribution in [0.25, 0.3) is 5.76 Å². The lowest BCUT2D eigenvalue weighted by molar-refractivity contribution is -0.137. The molecule has 0 aliphatic rings. The lowest BCUT2D eigenvalue weighted by atomic mass is 10.1. The van der Waals surface area contributed by atoms with E-state index in [0.717, 1.165) is 6.08 Å². The Morgan fingerprint density at radius 2 is 2.31 bits per heavy atom. The first kappa shape index (κ1) is 12.7. The van der Waals surface area contributed by atoms with Crippen LogP contribution >= 0.6 is 15.9 Å². The van der Waals surface area contributed by atoms with Crippen LogP contribution in [0, 0.1) is 5.82 Å². The third-order valence-corrected chi connectivity index (χ3v) is 2.42. The van der Waals surface area contributed by atoms with Crippen LogP contribution in [-0.4, -0.2) is 17.7 Å². The average molecular weight is 289 g/mol. The second kappa shape index (κ2) is 5.65. The smallest absolute Gasteiger partial charge is 0.334 e. The van der Waals surface area contributed by atoms with Gasteiger partial charge in [-0.05, 0) is 35.0 Å². The number of aliphatic hydroxyl groups is 1. The van der Waals surface area contributed by atoms with E-state index >= 15 is 0 Å². The standard InChI is InChI=1S/C11H10BrFO3/c1-2-16-10(15)6-9(14)11-7(12)4-3-5-8(11)13/h3-6,14H,2H2,1H3/b9-6-. The molecule has 0 atom stereocenters. The van der Waals surface area contributed by atoms with Gasteiger partial charge in [0.1, 0.15) is 11.6 Å². The van der Waals surface area contributed by atoms with Crippen molar-refractivity contribution in [2.45, 2.75) is 6.92 Å². The van der Waals surface area contributed by atoms with E-state index in [4.69, 9.17) is 0 Å². The molecule has 0 radical (unpaired) electrons. The molecule has 1 aromatic carbocycles. The van der Waals surface area contributed by atoms with Crippen molar-refractivity contribution in [1.29, 1.82) is 0 Å². The van der Waals surface area contributed by atoms with E-state index in [9.17, 15) is 14.3 Å². The molecule has 5 heteroatoms. The van der Waals surface area contributed by atoms with Gasteiger partial charge in [0.15, 0.2) is 0 Å². The number of carbonyl (C=O) groups is 1. The van der Waals surface area contributed by atoms with Gasteiger partial charge in [-0.3, -0.25) is 0 Å². The number of benzene rings is 1. The second-order valence-corrected chi connectivity index (χ2v) is 3.73. The summed E-state index contributed by atoms with van der Waals surface area (Å²) < 4.78 is 18.3. The van der Waals surface area contributed by atoms with Gasteiger partial charge in [0.05, 0.1) is 18.2 Å². The fourth-order valence-corrected chi connectivity index (χ4v) is 1.66. The molecule has 0 fully saturated rings. The van der Waals surface area contributed by atoms with E-state index in [2.05, 4.69) is 20.7 Å². The molecule has 1 rings (SSSR count). The van der Waals surface area contributed by atoms with E-state index < -0.39 is 17.5 Å². The fraction of sp³-hybridized carbons (Fsp3) is 0.182. The summed E-state index contributed by atoms with van der Waals surface area (Å²) in [7, 11) is 0. The summed E-state index contributed by atoms with van der Waals surface area (Å²) in [4.78, 5) is 11.1. The van der Waals surface area contributed by atoms with Crippen molar-refractivity contribution in [2.75, 3.05) is 6.61 Å². The first-order valence-electron chi connectivity index (χ1n) is 4.58. The summed E-state index contributed by atoms with van der Waals surface area (Å²) in [5.74, 6) is -1.80. The average Bonchev–Trinajstić information content (AvgIpc) is 2.17. The maximum atomic E-state index is 13.4. The normalized spacial score (nSPS) is 11.3. The zero-order chi connectivity index (χ0) is 12.1. The van der Waals surface area contributed by atoms with Crippen LogP contribution in [0.4, 0.5) is 4.39 Å². The third kappa shape index (κ3) is 3.06. The summed E-state index contributed by atoms with van der Waals surface area (Å²) in [5.41, 5.74) is -0.0597. The van der Waals surface area contributed by atoms with Gasteiger partial charge in [0.25, 0.3) is 0 Å². The summed E-state index contributed by atoms with van der Waals surface area (Å²) in [6.07, 6.45) is 0.840. The number of ether oxygens (including phenoxy) is 1. The Balaban J connectivity index is 3.04. The molecular formula is C11H10BrFO3. The van der Waals surface area contributed by atoms with Gasteiger partial charge in [-0.1, -0.05) is 6.07 Å². The van der Waals surface area contributed by atoms with E-state index in [-0.39, 0.29) is 12.2 Å². The van der Waals surface area contributed by atoms with Crippen LogP contribution in [-0.2, 0) is 9.53 Å². The highest BCUT2D eigenvalue weighted by Crippen LogP contribution is 2.25. The Morgan fingerprint density at radius 3 is 2.88 bits per heavy atom. The van der Waals surface area contributed by atoms with E-state index in [0.29, 0.717) is 4.47 Å². The first-order chi connectivity index (χ1) is 7.56. The zero-order valence-corrected chi connectivity index (χ0v) is 10.1. The van der Waals surface area contributed by atoms with Crippen LogP contribution < -0.4 is 0 Å². The molecular weight excluding hydrogens is 279 g/mol. The van der Waals surface area contributed by atoms with Gasteiger partial charge in [-0.2, -0.15) is 0 Å². The number of halogens is 2. The monoisotopic (exact) mass is 288 g/mol. The summed E-state index contributed by atoms with van der Waals surface area (Å²) in [6, 6.07) is 4.24. The quantitative estimate of drug-likeness (QED) is 0.528. The van der Waals surface area contributed by atoms with Gasteiger partial charge in [-0.25, -0.2) is 9.18 Å². The van der Waals surface area contributed by atoms with Crippen LogP contribution in [0.1, 0.15) is 12.5 Å². The van der Waals surface area contributed by atoms with Gasteiger partial charge < -0.3 is 9.84 Å². The zero-order valence-electron chi connectivity index (χ0n) is 8.54. The van der Waals surface area contributed by atoms with Gasteiger partial charge in [0.2, 0.25) is 0 Å². The van der Waals surface area contributed by atoms with Gasteiger partial charge >= 0.3 is 5.97 Å². The fourth-order valence-electron chi connectivity index (χ4n) is 1.11.